The van der Waals surface area contributed by atoms with Crippen molar-refractivity contribution in [1.29, 1.82) is 0 Å². The molecule has 0 radical (unpaired) electrons. The van der Waals surface area contributed by atoms with Crippen molar-refractivity contribution in [3.8, 4) is 0 Å². The minimum absolute atomic E-state index is 0.281. The Bertz CT molecular complexity index is 717. The first-order valence-electron chi connectivity index (χ1n) is 6.69. The van der Waals surface area contributed by atoms with Gasteiger partial charge in [-0.05, 0) is 61.4 Å². The maximum Gasteiger partial charge on any atom is 0.264 e. The highest BCUT2D eigenvalue weighted by molar-refractivity contribution is 7.92. The Morgan fingerprint density at radius 3 is 1.95 bits per heavy atom. The highest BCUT2D eigenvalue weighted by atomic mass is 32.2. The summed E-state index contributed by atoms with van der Waals surface area (Å²) in [6.07, 6.45) is 0. The molecule has 5 heteroatoms. The molecule has 0 aliphatic carbocycles. The molecule has 0 aromatic heterocycles. The molecule has 0 aliphatic heterocycles. The lowest BCUT2D eigenvalue weighted by Gasteiger charge is -2.20. The van der Waals surface area contributed by atoms with E-state index in [-0.39, 0.29) is 4.90 Å². The summed E-state index contributed by atoms with van der Waals surface area (Å²) < 4.78 is 26.6. The van der Waals surface area contributed by atoms with Crippen LogP contribution in [-0.2, 0) is 10.0 Å². The van der Waals surface area contributed by atoms with Crippen molar-refractivity contribution < 1.29 is 8.42 Å². The predicted octanol–water partition coefficient (Wildman–Crippen LogP) is 3.17. The molecule has 112 valence electrons. The van der Waals surface area contributed by atoms with Gasteiger partial charge in [0.05, 0.1) is 10.6 Å². The van der Waals surface area contributed by atoms with E-state index in [2.05, 4.69) is 5.32 Å². The SMILES string of the molecule is CNc1ccc(S(=O)(=O)N(C)c2cc(C)cc(C)c2)cc1. The Labute approximate surface area is 126 Å². The molecule has 0 saturated carbocycles. The molecule has 0 unspecified atom stereocenters. The van der Waals surface area contributed by atoms with Gasteiger partial charge in [-0.1, -0.05) is 6.07 Å². The molecule has 0 spiro atoms. The van der Waals surface area contributed by atoms with Crippen LogP contribution in [-0.4, -0.2) is 22.5 Å². The number of anilines is 2. The second-order valence-corrected chi connectivity index (χ2v) is 7.06. The lowest BCUT2D eigenvalue weighted by atomic mass is 10.1. The van der Waals surface area contributed by atoms with Crippen LogP contribution in [0.15, 0.2) is 47.4 Å². The van der Waals surface area contributed by atoms with Crippen molar-refractivity contribution >= 4 is 21.4 Å². The van der Waals surface area contributed by atoms with Gasteiger partial charge >= 0.3 is 0 Å². The van der Waals surface area contributed by atoms with Crippen molar-refractivity contribution in [3.63, 3.8) is 0 Å². The first-order chi connectivity index (χ1) is 9.84. The number of nitrogens with zero attached hydrogens (tertiary/aromatic N) is 1. The number of hydrogen-bond acceptors (Lipinski definition) is 3. The van der Waals surface area contributed by atoms with Gasteiger partial charge in [-0.25, -0.2) is 8.42 Å². The van der Waals surface area contributed by atoms with Crippen LogP contribution >= 0.6 is 0 Å². The fourth-order valence-corrected chi connectivity index (χ4v) is 3.40. The molecule has 2 aromatic carbocycles. The van der Waals surface area contributed by atoms with Crippen molar-refractivity contribution in [2.45, 2.75) is 18.7 Å². The Morgan fingerprint density at radius 2 is 1.48 bits per heavy atom. The van der Waals surface area contributed by atoms with E-state index in [0.29, 0.717) is 5.69 Å². The van der Waals surface area contributed by atoms with Crippen LogP contribution in [0.3, 0.4) is 0 Å². The lowest BCUT2D eigenvalue weighted by Crippen LogP contribution is -2.26. The van der Waals surface area contributed by atoms with Crippen LogP contribution in [0.2, 0.25) is 0 Å². The molecule has 0 amide bonds. The summed E-state index contributed by atoms with van der Waals surface area (Å²) in [7, 11) is -0.169. The minimum Gasteiger partial charge on any atom is -0.388 e. The molecule has 21 heavy (non-hydrogen) atoms. The van der Waals surface area contributed by atoms with Crippen molar-refractivity contribution in [2.75, 3.05) is 23.7 Å². The first kappa shape index (κ1) is 15.4. The average Bonchev–Trinajstić information content (AvgIpc) is 2.45. The fraction of sp³-hybridized carbons (Fsp3) is 0.250. The number of hydrogen-bond donors (Lipinski definition) is 1. The van der Waals surface area contributed by atoms with E-state index < -0.39 is 10.0 Å². The van der Waals surface area contributed by atoms with Gasteiger partial charge in [0.25, 0.3) is 10.0 Å². The molecular weight excluding hydrogens is 284 g/mol. The van der Waals surface area contributed by atoms with E-state index in [1.807, 2.05) is 32.0 Å². The number of nitrogens with one attached hydrogen (secondary N) is 1. The zero-order valence-electron chi connectivity index (χ0n) is 12.7. The molecule has 2 aromatic rings. The van der Waals surface area contributed by atoms with Gasteiger partial charge in [0.1, 0.15) is 0 Å². The summed E-state index contributed by atoms with van der Waals surface area (Å²) in [5.74, 6) is 0. The molecule has 0 bridgehead atoms. The second kappa shape index (κ2) is 5.77. The predicted molar refractivity (Wildman–Crippen MR) is 87.5 cm³/mol. The van der Waals surface area contributed by atoms with Crippen LogP contribution in [0.5, 0.6) is 0 Å². The van der Waals surface area contributed by atoms with Crippen molar-refractivity contribution in [1.82, 2.24) is 0 Å². The van der Waals surface area contributed by atoms with Crippen LogP contribution in [0.1, 0.15) is 11.1 Å². The van der Waals surface area contributed by atoms with Gasteiger partial charge in [-0.15, -0.1) is 0 Å². The molecular formula is C16H20N2O2S. The third-order valence-corrected chi connectivity index (χ3v) is 5.17. The summed E-state index contributed by atoms with van der Waals surface area (Å²) in [6, 6.07) is 12.5. The van der Waals surface area contributed by atoms with E-state index in [9.17, 15) is 8.42 Å². The average molecular weight is 304 g/mol. The standard InChI is InChI=1S/C16H20N2O2S/c1-12-9-13(2)11-15(10-12)18(4)21(19,20)16-7-5-14(17-3)6-8-16/h5-11,17H,1-4H3. The minimum atomic E-state index is -3.54. The highest BCUT2D eigenvalue weighted by Gasteiger charge is 2.21. The van der Waals surface area contributed by atoms with Crippen LogP contribution in [0, 0.1) is 13.8 Å². The number of rotatable bonds is 4. The third kappa shape index (κ3) is 3.19. The zero-order chi connectivity index (χ0) is 15.6. The molecule has 0 atom stereocenters. The van der Waals surface area contributed by atoms with Crippen LogP contribution in [0.4, 0.5) is 11.4 Å². The van der Waals surface area contributed by atoms with Gasteiger partial charge in [0.15, 0.2) is 0 Å². The van der Waals surface area contributed by atoms with E-state index >= 15 is 0 Å². The van der Waals surface area contributed by atoms with E-state index in [4.69, 9.17) is 0 Å². The fourth-order valence-electron chi connectivity index (χ4n) is 2.22. The van der Waals surface area contributed by atoms with Crippen LogP contribution < -0.4 is 9.62 Å². The maximum atomic E-state index is 12.7. The molecule has 0 aliphatic rings. The van der Waals surface area contributed by atoms with Gasteiger partial charge in [0.2, 0.25) is 0 Å². The maximum absolute atomic E-state index is 12.7. The normalized spacial score (nSPS) is 11.2. The molecule has 0 saturated heterocycles. The van der Waals surface area contributed by atoms with Crippen molar-refractivity contribution in [3.05, 3.63) is 53.6 Å². The molecule has 2 rings (SSSR count). The monoisotopic (exact) mass is 304 g/mol. The van der Waals surface area contributed by atoms with E-state index in [1.54, 1.807) is 38.4 Å². The molecule has 1 N–H and O–H groups in total. The highest BCUT2D eigenvalue weighted by Crippen LogP contribution is 2.25. The second-order valence-electron chi connectivity index (χ2n) is 5.09. The summed E-state index contributed by atoms with van der Waals surface area (Å²) in [4.78, 5) is 0.281. The first-order valence-corrected chi connectivity index (χ1v) is 8.13. The van der Waals surface area contributed by atoms with Crippen LogP contribution in [0.25, 0.3) is 0 Å². The lowest BCUT2D eigenvalue weighted by molar-refractivity contribution is 0.594. The van der Waals surface area contributed by atoms with Gasteiger partial charge in [-0.2, -0.15) is 0 Å². The topological polar surface area (TPSA) is 49.4 Å². The van der Waals surface area contributed by atoms with Gasteiger partial charge in [0, 0.05) is 19.8 Å². The number of benzene rings is 2. The largest absolute Gasteiger partial charge is 0.388 e. The Hall–Kier alpha value is -2.01. The number of sulfonamides is 1. The molecule has 0 fully saturated rings. The Balaban J connectivity index is 2.41. The molecule has 0 heterocycles. The van der Waals surface area contributed by atoms with Gasteiger partial charge in [-0.3, -0.25) is 4.31 Å². The summed E-state index contributed by atoms with van der Waals surface area (Å²) >= 11 is 0. The summed E-state index contributed by atoms with van der Waals surface area (Å²) in [6.45, 7) is 3.91. The summed E-state index contributed by atoms with van der Waals surface area (Å²) in [5, 5.41) is 2.97. The Kier molecular flexibility index (Phi) is 4.23. The third-order valence-electron chi connectivity index (χ3n) is 3.37. The van der Waals surface area contributed by atoms with E-state index in [1.165, 1.54) is 4.31 Å². The smallest absolute Gasteiger partial charge is 0.264 e. The summed E-state index contributed by atoms with van der Waals surface area (Å²) in [5.41, 5.74) is 3.63. The number of aryl methyl sites for hydroxylation is 2. The molecule has 4 nitrogen and oxygen atoms in total. The zero-order valence-corrected chi connectivity index (χ0v) is 13.5. The quantitative estimate of drug-likeness (QED) is 0.944. The van der Waals surface area contributed by atoms with Crippen molar-refractivity contribution in [2.24, 2.45) is 0 Å². The van der Waals surface area contributed by atoms with E-state index in [0.717, 1.165) is 16.8 Å². The van der Waals surface area contributed by atoms with Gasteiger partial charge < -0.3 is 5.32 Å². The Morgan fingerprint density at radius 1 is 0.952 bits per heavy atom.